The van der Waals surface area contributed by atoms with Gasteiger partial charge in [-0.25, -0.2) is 18.7 Å². The van der Waals surface area contributed by atoms with Gasteiger partial charge in [0.05, 0.1) is 24.1 Å². The molecule has 3 heterocycles. The van der Waals surface area contributed by atoms with Crippen LogP contribution in [0.25, 0.3) is 10.9 Å². The lowest BCUT2D eigenvalue weighted by Crippen LogP contribution is -2.24. The summed E-state index contributed by atoms with van der Waals surface area (Å²) < 4.78 is 39.1. The largest absolute Gasteiger partial charge is 0.477 e. The number of aromatic nitrogens is 4. The second kappa shape index (κ2) is 8.73. The molecular weight excluding hydrogens is 392 g/mol. The summed E-state index contributed by atoms with van der Waals surface area (Å²) in [5, 5.41) is 13.4. The molecule has 0 atom stereocenters. The van der Waals surface area contributed by atoms with Crippen molar-refractivity contribution >= 4 is 16.8 Å². The van der Waals surface area contributed by atoms with E-state index in [1.165, 1.54) is 6.92 Å². The number of nitrogens with zero attached hydrogens (tertiary/aromatic N) is 4. The van der Waals surface area contributed by atoms with Crippen LogP contribution in [0.1, 0.15) is 42.8 Å². The highest BCUT2D eigenvalue weighted by molar-refractivity contribution is 6.02. The highest BCUT2D eigenvalue weighted by atomic mass is 19.3. The molecule has 160 valence electrons. The molecular formula is C21H25F2N5O2. The number of hydrogen-bond acceptors (Lipinski definition) is 6. The molecule has 3 rings (SSSR count). The van der Waals surface area contributed by atoms with E-state index in [1.54, 1.807) is 17.8 Å². The molecule has 0 radical (unpaired) electrons. The van der Waals surface area contributed by atoms with Crippen LogP contribution in [0, 0.1) is 19.3 Å². The van der Waals surface area contributed by atoms with Gasteiger partial charge in [0.25, 0.3) is 5.92 Å². The van der Waals surface area contributed by atoms with Crippen molar-refractivity contribution in [3.63, 3.8) is 0 Å². The van der Waals surface area contributed by atoms with Gasteiger partial charge in [-0.2, -0.15) is 5.10 Å². The molecule has 3 aromatic heterocycles. The second-order valence-corrected chi connectivity index (χ2v) is 7.10. The lowest BCUT2D eigenvalue weighted by molar-refractivity contribution is -0.0449. The van der Waals surface area contributed by atoms with Crippen LogP contribution in [0.5, 0.6) is 5.88 Å². The summed E-state index contributed by atoms with van der Waals surface area (Å²) >= 11 is 0. The monoisotopic (exact) mass is 417 g/mol. The minimum absolute atomic E-state index is 0.00800. The first-order valence-corrected chi connectivity index (χ1v) is 9.75. The van der Waals surface area contributed by atoms with E-state index in [1.807, 2.05) is 32.2 Å². The fourth-order valence-corrected chi connectivity index (χ4v) is 2.98. The van der Waals surface area contributed by atoms with Gasteiger partial charge in [-0.15, -0.1) is 0 Å². The molecule has 0 saturated heterocycles. The lowest BCUT2D eigenvalue weighted by atomic mass is 10.2. The summed E-state index contributed by atoms with van der Waals surface area (Å²) in [6.45, 7) is 6.96. The van der Waals surface area contributed by atoms with E-state index in [0.29, 0.717) is 29.9 Å². The molecule has 0 fully saturated rings. The number of fused-ring (bicyclic) bond motifs is 1. The summed E-state index contributed by atoms with van der Waals surface area (Å²) in [5.41, 5.74) is 3.44. The van der Waals surface area contributed by atoms with Crippen molar-refractivity contribution in [2.24, 2.45) is 0 Å². The van der Waals surface area contributed by atoms with Crippen LogP contribution < -0.4 is 4.74 Å². The summed E-state index contributed by atoms with van der Waals surface area (Å²) in [7, 11) is 0. The van der Waals surface area contributed by atoms with Crippen LogP contribution >= 0.6 is 0 Å². The van der Waals surface area contributed by atoms with Crippen LogP contribution in [0.4, 0.5) is 8.78 Å². The van der Waals surface area contributed by atoms with Gasteiger partial charge >= 0.3 is 0 Å². The Morgan fingerprint density at radius 2 is 2.00 bits per heavy atom. The molecule has 7 nitrogen and oxygen atoms in total. The van der Waals surface area contributed by atoms with Crippen molar-refractivity contribution < 1.29 is 18.3 Å². The van der Waals surface area contributed by atoms with Gasteiger partial charge in [-0.1, -0.05) is 6.92 Å². The Morgan fingerprint density at radius 3 is 2.67 bits per heavy atom. The first-order valence-electron chi connectivity index (χ1n) is 9.75. The quantitative estimate of drug-likeness (QED) is 0.437. The highest BCUT2D eigenvalue weighted by Crippen LogP contribution is 2.23. The van der Waals surface area contributed by atoms with E-state index in [4.69, 9.17) is 14.9 Å². The molecule has 0 aliphatic heterocycles. The fourth-order valence-electron chi connectivity index (χ4n) is 2.98. The molecule has 3 aromatic rings. The van der Waals surface area contributed by atoms with E-state index in [2.05, 4.69) is 15.1 Å². The summed E-state index contributed by atoms with van der Waals surface area (Å²) in [6.07, 6.45) is 3.12. The molecule has 0 aliphatic rings. The zero-order chi connectivity index (χ0) is 21.9. The first kappa shape index (κ1) is 21.6. The third-order valence-electron chi connectivity index (χ3n) is 4.55. The van der Waals surface area contributed by atoms with Crippen molar-refractivity contribution in [1.82, 2.24) is 19.7 Å². The Morgan fingerprint density at radius 1 is 1.23 bits per heavy atom. The third kappa shape index (κ3) is 4.90. The average molecular weight is 417 g/mol. The molecule has 0 aromatic carbocycles. The predicted molar refractivity (Wildman–Crippen MR) is 110 cm³/mol. The van der Waals surface area contributed by atoms with E-state index in [-0.39, 0.29) is 18.2 Å². The normalized spacial score (nSPS) is 11.7. The van der Waals surface area contributed by atoms with E-state index < -0.39 is 12.5 Å². The Labute approximate surface area is 173 Å². The summed E-state index contributed by atoms with van der Waals surface area (Å²) in [4.78, 5) is 8.61. The smallest absolute Gasteiger partial charge is 0.281 e. The van der Waals surface area contributed by atoms with Gasteiger partial charge < -0.3 is 9.47 Å². The number of aryl methyl sites for hydroxylation is 2. The van der Waals surface area contributed by atoms with Gasteiger partial charge in [0, 0.05) is 30.1 Å². The Kier molecular flexibility index (Phi) is 6.28. The maximum atomic E-state index is 13.4. The molecule has 9 heteroatoms. The highest BCUT2D eigenvalue weighted by Gasteiger charge is 2.27. The van der Waals surface area contributed by atoms with E-state index in [9.17, 15) is 8.78 Å². The molecule has 0 amide bonds. The predicted octanol–water partition coefficient (Wildman–Crippen LogP) is 4.28. The number of rotatable bonds is 8. The fraction of sp³-hybridized carbons (Fsp3) is 0.429. The topological polar surface area (TPSA) is 85.9 Å². The van der Waals surface area contributed by atoms with Crippen LogP contribution in [0.15, 0.2) is 24.5 Å². The maximum Gasteiger partial charge on any atom is 0.281 e. The molecule has 0 aliphatic carbocycles. The molecule has 1 N–H and O–H groups in total. The van der Waals surface area contributed by atoms with Crippen molar-refractivity contribution in [3.8, 4) is 5.88 Å². The molecule has 0 spiro atoms. The van der Waals surface area contributed by atoms with Crippen LogP contribution in [-0.4, -0.2) is 44.8 Å². The van der Waals surface area contributed by atoms with Crippen LogP contribution in [-0.2, 0) is 11.3 Å². The van der Waals surface area contributed by atoms with Crippen molar-refractivity contribution in [2.45, 2.75) is 46.6 Å². The van der Waals surface area contributed by atoms with Crippen molar-refractivity contribution in [3.05, 3.63) is 47.0 Å². The van der Waals surface area contributed by atoms with Gasteiger partial charge in [-0.05, 0) is 38.5 Å². The first-order chi connectivity index (χ1) is 14.2. The SMILES string of the molecule is CCOC(=N)c1nc(C)cc2nn(Cc3cnc(OCC(F)(F)CC)c(C)c3)cc12. The Balaban J connectivity index is 1.82. The molecule has 0 unspecified atom stereocenters. The number of nitrogens with one attached hydrogen (secondary N) is 1. The number of hydrogen-bond donors (Lipinski definition) is 1. The molecule has 0 saturated carbocycles. The molecule has 30 heavy (non-hydrogen) atoms. The van der Waals surface area contributed by atoms with Crippen molar-refractivity contribution in [2.75, 3.05) is 13.2 Å². The average Bonchev–Trinajstić information content (AvgIpc) is 3.08. The van der Waals surface area contributed by atoms with Gasteiger partial charge in [-0.3, -0.25) is 10.1 Å². The molecule has 0 bridgehead atoms. The summed E-state index contributed by atoms with van der Waals surface area (Å²) in [5.74, 6) is -2.67. The minimum atomic E-state index is -2.87. The van der Waals surface area contributed by atoms with Crippen LogP contribution in [0.2, 0.25) is 0 Å². The standard InChI is InChI=1S/C21H25F2N5O2/c1-5-21(22,23)12-30-20-13(3)7-15(9-25-20)10-28-11-16-17(27-28)8-14(4)26-18(16)19(24)29-6-2/h7-9,11,24H,5-6,10,12H2,1-4H3. The minimum Gasteiger partial charge on any atom is -0.477 e. The van der Waals surface area contributed by atoms with Gasteiger partial charge in [0.1, 0.15) is 5.69 Å². The lowest BCUT2D eigenvalue weighted by Gasteiger charge is -2.15. The van der Waals surface area contributed by atoms with Gasteiger partial charge in [0.15, 0.2) is 6.61 Å². The number of ether oxygens (including phenoxy) is 2. The Bertz CT molecular complexity index is 1060. The van der Waals surface area contributed by atoms with Crippen LogP contribution in [0.3, 0.4) is 0 Å². The summed E-state index contributed by atoms with van der Waals surface area (Å²) in [6, 6.07) is 3.69. The number of pyridine rings is 2. The van der Waals surface area contributed by atoms with E-state index >= 15 is 0 Å². The van der Waals surface area contributed by atoms with Gasteiger partial charge in [0.2, 0.25) is 11.8 Å². The van der Waals surface area contributed by atoms with Crippen molar-refractivity contribution in [1.29, 1.82) is 5.41 Å². The maximum absolute atomic E-state index is 13.4. The number of halogens is 2. The zero-order valence-corrected chi connectivity index (χ0v) is 17.5. The number of alkyl halides is 2. The zero-order valence-electron chi connectivity index (χ0n) is 17.5. The second-order valence-electron chi connectivity index (χ2n) is 7.10. The Hall–Kier alpha value is -3.10. The van der Waals surface area contributed by atoms with E-state index in [0.717, 1.165) is 16.6 Å². The third-order valence-corrected chi connectivity index (χ3v) is 4.55.